The molecule has 47 heavy (non-hydrogen) atoms. The molecule has 0 bridgehead atoms. The Morgan fingerprint density at radius 1 is 0.936 bits per heavy atom. The minimum Gasteiger partial charge on any atom is -0.465 e. The Hall–Kier alpha value is -4.75. The van der Waals surface area contributed by atoms with Gasteiger partial charge >= 0.3 is 6.09 Å². The van der Waals surface area contributed by atoms with Gasteiger partial charge in [-0.05, 0) is 36.8 Å². The minimum absolute atomic E-state index is 0.00621. The first-order valence-corrected chi connectivity index (χ1v) is 16.3. The molecule has 2 aromatic carbocycles. The number of fused-ring (bicyclic) bond motifs is 1. The van der Waals surface area contributed by atoms with Crippen LogP contribution in [0.1, 0.15) is 55.2 Å². The third-order valence-corrected chi connectivity index (χ3v) is 9.90. The van der Waals surface area contributed by atoms with E-state index in [0.29, 0.717) is 55.4 Å². The van der Waals surface area contributed by atoms with E-state index >= 15 is 0 Å². The lowest BCUT2D eigenvalue weighted by atomic mass is 9.84. The van der Waals surface area contributed by atoms with Crippen LogP contribution in [0.5, 0.6) is 0 Å². The standard InChI is InChI=1S/C34H40N8O5/c43-28-25(38-32(45)22-12-7-13-22)16-26(29(28)44)42-19-36-27-30(39-33(40-31(27)42)37-23-14-15-41(18-23)34(46)47)35-17-24(20-8-3-1-4-9-20)21-10-5-2-6-11-21/h1-6,8-11,19,22-26,28-29,43-44H,7,12-18H2,(H,38,45)(H,46,47)(H2,35,37,39,40)/t23-,25+,26-,28-,29+/m1/s1. The summed E-state index contributed by atoms with van der Waals surface area (Å²) in [6.45, 7) is 1.22. The quantitative estimate of drug-likeness (QED) is 0.151. The van der Waals surface area contributed by atoms with Gasteiger partial charge in [0.1, 0.15) is 12.2 Å². The number of carbonyl (C=O) groups excluding carboxylic acids is 1. The van der Waals surface area contributed by atoms with E-state index < -0.39 is 30.4 Å². The molecule has 7 rings (SSSR count). The number of amides is 2. The number of aliphatic hydroxyl groups excluding tert-OH is 2. The van der Waals surface area contributed by atoms with E-state index in [1.807, 2.05) is 36.4 Å². The summed E-state index contributed by atoms with van der Waals surface area (Å²) in [7, 11) is 0. The molecule has 0 radical (unpaired) electrons. The first-order valence-electron chi connectivity index (χ1n) is 16.3. The summed E-state index contributed by atoms with van der Waals surface area (Å²) < 4.78 is 1.75. The molecule has 246 valence electrons. The Labute approximate surface area is 272 Å². The third-order valence-electron chi connectivity index (χ3n) is 9.90. The molecule has 1 aliphatic heterocycles. The van der Waals surface area contributed by atoms with E-state index in [4.69, 9.17) is 9.97 Å². The van der Waals surface area contributed by atoms with Gasteiger partial charge in [-0.2, -0.15) is 9.97 Å². The smallest absolute Gasteiger partial charge is 0.407 e. The first-order chi connectivity index (χ1) is 22.9. The number of aliphatic hydroxyl groups is 2. The van der Waals surface area contributed by atoms with Crippen LogP contribution < -0.4 is 16.0 Å². The highest BCUT2D eigenvalue weighted by Crippen LogP contribution is 2.36. The fourth-order valence-electron chi connectivity index (χ4n) is 6.98. The molecule has 13 nitrogen and oxygen atoms in total. The van der Waals surface area contributed by atoms with Gasteiger partial charge in [0.15, 0.2) is 17.0 Å². The lowest BCUT2D eigenvalue weighted by Crippen LogP contribution is -2.46. The fraction of sp³-hybridized carbons (Fsp3) is 0.441. The van der Waals surface area contributed by atoms with E-state index in [-0.39, 0.29) is 23.8 Å². The Balaban J connectivity index is 1.20. The molecule has 5 atom stereocenters. The van der Waals surface area contributed by atoms with E-state index in [2.05, 4.69) is 45.2 Å². The predicted molar refractivity (Wildman–Crippen MR) is 175 cm³/mol. The van der Waals surface area contributed by atoms with Crippen molar-refractivity contribution in [2.45, 2.75) is 68.4 Å². The Morgan fingerprint density at radius 2 is 1.64 bits per heavy atom. The highest BCUT2D eigenvalue weighted by atomic mass is 16.4. The van der Waals surface area contributed by atoms with Gasteiger partial charge in [0.25, 0.3) is 0 Å². The number of benzene rings is 2. The molecule has 2 amide bonds. The lowest BCUT2D eigenvalue weighted by molar-refractivity contribution is -0.129. The predicted octanol–water partition coefficient (Wildman–Crippen LogP) is 3.19. The van der Waals surface area contributed by atoms with Crippen molar-refractivity contribution in [2.75, 3.05) is 30.3 Å². The molecule has 6 N–H and O–H groups in total. The number of carbonyl (C=O) groups is 2. The van der Waals surface area contributed by atoms with Crippen molar-refractivity contribution < 1.29 is 24.9 Å². The van der Waals surface area contributed by atoms with Crippen molar-refractivity contribution in [1.82, 2.24) is 29.7 Å². The number of imidazole rings is 1. The molecule has 3 fully saturated rings. The van der Waals surface area contributed by atoms with Crippen molar-refractivity contribution in [1.29, 1.82) is 0 Å². The Morgan fingerprint density at radius 3 is 2.26 bits per heavy atom. The number of carboxylic acid groups (broad SMARTS) is 1. The summed E-state index contributed by atoms with van der Waals surface area (Å²) in [5.74, 6) is 0.682. The van der Waals surface area contributed by atoms with Crippen molar-refractivity contribution in [3.05, 3.63) is 78.1 Å². The second-order valence-electron chi connectivity index (χ2n) is 12.9. The van der Waals surface area contributed by atoms with Gasteiger partial charge in [-0.1, -0.05) is 67.1 Å². The van der Waals surface area contributed by atoms with Crippen molar-refractivity contribution >= 4 is 34.9 Å². The molecule has 0 unspecified atom stereocenters. The molecule has 13 heteroatoms. The van der Waals surface area contributed by atoms with E-state index in [9.17, 15) is 24.9 Å². The van der Waals surface area contributed by atoms with Crippen LogP contribution in [-0.4, -0.2) is 95.7 Å². The molecule has 2 aromatic heterocycles. The second kappa shape index (κ2) is 13.2. The molecule has 1 saturated heterocycles. The Bertz CT molecular complexity index is 1680. The number of nitrogens with zero attached hydrogens (tertiary/aromatic N) is 5. The molecule has 3 aliphatic rings. The monoisotopic (exact) mass is 640 g/mol. The zero-order valence-electron chi connectivity index (χ0n) is 25.9. The zero-order valence-corrected chi connectivity index (χ0v) is 25.9. The van der Waals surface area contributed by atoms with Gasteiger partial charge in [0.2, 0.25) is 11.9 Å². The maximum atomic E-state index is 12.7. The van der Waals surface area contributed by atoms with Crippen LogP contribution in [-0.2, 0) is 4.79 Å². The molecular formula is C34H40N8O5. The van der Waals surface area contributed by atoms with Crippen molar-refractivity contribution in [3.63, 3.8) is 0 Å². The van der Waals surface area contributed by atoms with Gasteiger partial charge in [0.05, 0.1) is 18.4 Å². The van der Waals surface area contributed by atoms with Crippen LogP contribution in [0.15, 0.2) is 67.0 Å². The van der Waals surface area contributed by atoms with E-state index in [0.717, 1.165) is 30.4 Å². The SMILES string of the molecule is O=C(N[C@H]1C[C@@H](n2cnc3c(NCC(c4ccccc4)c4ccccc4)nc(N[C@@H]4CCN(C(=O)O)C4)nc32)[C@H](O)[C@@H]1O)C1CCC1. The number of rotatable bonds is 10. The fourth-order valence-corrected chi connectivity index (χ4v) is 6.98. The van der Waals surface area contributed by atoms with Gasteiger partial charge in [-0.25, -0.2) is 9.78 Å². The number of hydrogen-bond acceptors (Lipinski definition) is 9. The topological polar surface area (TPSA) is 178 Å². The summed E-state index contributed by atoms with van der Waals surface area (Å²) in [6.07, 6.45) is 1.96. The average Bonchev–Trinajstić information content (AvgIpc) is 3.76. The number of hydrogen-bond donors (Lipinski definition) is 6. The minimum atomic E-state index is -1.15. The summed E-state index contributed by atoms with van der Waals surface area (Å²) in [6, 6.07) is 19.1. The maximum Gasteiger partial charge on any atom is 0.407 e. The summed E-state index contributed by atoms with van der Waals surface area (Å²) in [5, 5.41) is 41.4. The van der Waals surface area contributed by atoms with Crippen LogP contribution in [0, 0.1) is 5.92 Å². The van der Waals surface area contributed by atoms with Gasteiger partial charge in [0, 0.05) is 37.5 Å². The summed E-state index contributed by atoms with van der Waals surface area (Å²) in [4.78, 5) is 39.9. The average molecular weight is 641 g/mol. The highest BCUT2D eigenvalue weighted by Gasteiger charge is 2.44. The molecule has 3 heterocycles. The summed E-state index contributed by atoms with van der Waals surface area (Å²) >= 11 is 0. The molecular weight excluding hydrogens is 600 g/mol. The number of anilines is 2. The molecule has 2 saturated carbocycles. The summed E-state index contributed by atoms with van der Waals surface area (Å²) in [5.41, 5.74) is 3.23. The van der Waals surface area contributed by atoms with Crippen LogP contribution in [0.2, 0.25) is 0 Å². The zero-order chi connectivity index (χ0) is 32.5. The van der Waals surface area contributed by atoms with Crippen molar-refractivity contribution in [2.24, 2.45) is 5.92 Å². The first kappa shape index (κ1) is 30.9. The molecule has 2 aliphatic carbocycles. The highest BCUT2D eigenvalue weighted by molar-refractivity contribution is 5.84. The van der Waals surface area contributed by atoms with Crippen molar-refractivity contribution in [3.8, 4) is 0 Å². The number of aromatic nitrogens is 4. The van der Waals surface area contributed by atoms with Crippen LogP contribution in [0.25, 0.3) is 11.2 Å². The van der Waals surface area contributed by atoms with E-state index in [1.54, 1.807) is 10.9 Å². The molecule has 4 aromatic rings. The largest absolute Gasteiger partial charge is 0.465 e. The number of likely N-dealkylation sites (tertiary alicyclic amines) is 1. The van der Waals surface area contributed by atoms with Gasteiger partial charge in [-0.15, -0.1) is 0 Å². The van der Waals surface area contributed by atoms with Crippen LogP contribution >= 0.6 is 0 Å². The third kappa shape index (κ3) is 6.32. The second-order valence-corrected chi connectivity index (χ2v) is 12.9. The number of nitrogens with one attached hydrogen (secondary N) is 3. The normalized spacial score (nSPS) is 24.4. The maximum absolute atomic E-state index is 12.7. The van der Waals surface area contributed by atoms with Crippen LogP contribution in [0.3, 0.4) is 0 Å². The van der Waals surface area contributed by atoms with Gasteiger partial charge < -0.3 is 40.7 Å². The Kier molecular flexibility index (Phi) is 8.65. The van der Waals surface area contributed by atoms with Gasteiger partial charge in [-0.3, -0.25) is 4.79 Å². The van der Waals surface area contributed by atoms with Crippen LogP contribution in [0.4, 0.5) is 16.6 Å². The lowest BCUT2D eigenvalue weighted by Gasteiger charge is -2.27. The molecule has 0 spiro atoms. The van der Waals surface area contributed by atoms with E-state index in [1.165, 1.54) is 4.90 Å².